The standard InChI is InChI=1S/C19H29N5O2/c1-21(2)11-12-22(3)16-5-4-9-24(13-16)19(25)18-7-6-17(26-18)14-23-10-8-20-15-23/h6-8,10,15-16H,4-5,9,11-14H2,1-3H3/t16-/m1/s1. The number of hydrogen-bond donors (Lipinski definition) is 0. The van der Waals surface area contributed by atoms with Crippen molar-refractivity contribution in [2.75, 3.05) is 47.3 Å². The molecule has 7 heteroatoms. The fourth-order valence-corrected chi connectivity index (χ4v) is 3.33. The summed E-state index contributed by atoms with van der Waals surface area (Å²) in [5.74, 6) is 1.19. The highest BCUT2D eigenvalue weighted by atomic mass is 16.4. The van der Waals surface area contributed by atoms with Crippen molar-refractivity contribution >= 4 is 5.91 Å². The maximum atomic E-state index is 12.8. The van der Waals surface area contributed by atoms with Crippen molar-refractivity contribution in [2.24, 2.45) is 0 Å². The Balaban J connectivity index is 1.58. The lowest BCUT2D eigenvalue weighted by atomic mass is 10.0. The summed E-state index contributed by atoms with van der Waals surface area (Å²) in [7, 11) is 6.32. The highest BCUT2D eigenvalue weighted by Gasteiger charge is 2.28. The number of hydrogen-bond acceptors (Lipinski definition) is 5. The van der Waals surface area contributed by atoms with E-state index in [9.17, 15) is 4.79 Å². The number of aromatic nitrogens is 2. The van der Waals surface area contributed by atoms with Crippen molar-refractivity contribution in [1.82, 2.24) is 24.3 Å². The Morgan fingerprint density at radius 1 is 1.31 bits per heavy atom. The van der Waals surface area contributed by atoms with Crippen molar-refractivity contribution in [3.05, 3.63) is 42.4 Å². The monoisotopic (exact) mass is 359 g/mol. The van der Waals surface area contributed by atoms with Gasteiger partial charge in [-0.25, -0.2) is 4.98 Å². The number of carbonyl (C=O) groups is 1. The van der Waals surface area contributed by atoms with Crippen molar-refractivity contribution < 1.29 is 9.21 Å². The second kappa shape index (κ2) is 8.51. The van der Waals surface area contributed by atoms with Crippen molar-refractivity contribution in [3.8, 4) is 0 Å². The number of likely N-dealkylation sites (tertiary alicyclic amines) is 1. The zero-order valence-corrected chi connectivity index (χ0v) is 16.0. The van der Waals surface area contributed by atoms with Crippen LogP contribution in [0.4, 0.5) is 0 Å². The van der Waals surface area contributed by atoms with E-state index in [0.717, 1.165) is 44.8 Å². The summed E-state index contributed by atoms with van der Waals surface area (Å²) in [5, 5.41) is 0. The lowest BCUT2D eigenvalue weighted by Gasteiger charge is -2.37. The molecule has 1 fully saturated rings. The van der Waals surface area contributed by atoms with Crippen LogP contribution in [0.15, 0.2) is 35.3 Å². The van der Waals surface area contributed by atoms with Crippen LogP contribution in [0, 0.1) is 0 Å². The second-order valence-corrected chi connectivity index (χ2v) is 7.33. The molecule has 0 bridgehead atoms. The SMILES string of the molecule is CN(C)CCN(C)[C@@H]1CCCN(C(=O)c2ccc(Cn3ccnc3)o2)C1. The van der Waals surface area contributed by atoms with Gasteiger partial charge in [-0.3, -0.25) is 4.79 Å². The molecule has 0 spiro atoms. The van der Waals surface area contributed by atoms with Gasteiger partial charge in [0, 0.05) is 44.6 Å². The first kappa shape index (κ1) is 18.7. The molecule has 0 aliphatic carbocycles. The maximum Gasteiger partial charge on any atom is 0.289 e. The molecule has 0 saturated carbocycles. The van der Waals surface area contributed by atoms with Crippen molar-refractivity contribution in [3.63, 3.8) is 0 Å². The normalized spacial score (nSPS) is 18.0. The number of likely N-dealkylation sites (N-methyl/N-ethyl adjacent to an activating group) is 2. The van der Waals surface area contributed by atoms with E-state index < -0.39 is 0 Å². The van der Waals surface area contributed by atoms with Gasteiger partial charge in [0.25, 0.3) is 5.91 Å². The lowest BCUT2D eigenvalue weighted by molar-refractivity contribution is 0.0572. The fourth-order valence-electron chi connectivity index (χ4n) is 3.33. The van der Waals surface area contributed by atoms with Crippen LogP contribution in [0.3, 0.4) is 0 Å². The fraction of sp³-hybridized carbons (Fsp3) is 0.579. The molecule has 3 rings (SSSR count). The van der Waals surface area contributed by atoms with Crippen LogP contribution in [-0.4, -0.2) is 83.5 Å². The van der Waals surface area contributed by atoms with Gasteiger partial charge in [-0.1, -0.05) is 0 Å². The van der Waals surface area contributed by atoms with E-state index in [1.807, 2.05) is 21.7 Å². The summed E-state index contributed by atoms with van der Waals surface area (Å²) in [4.78, 5) is 23.3. The van der Waals surface area contributed by atoms with Gasteiger partial charge in [0.2, 0.25) is 0 Å². The summed E-state index contributed by atoms with van der Waals surface area (Å²) in [6.45, 7) is 4.18. The molecule has 142 valence electrons. The Bertz CT molecular complexity index is 695. The summed E-state index contributed by atoms with van der Waals surface area (Å²) < 4.78 is 7.71. The molecule has 0 aromatic carbocycles. The molecule has 0 N–H and O–H groups in total. The van der Waals surface area contributed by atoms with Crippen molar-refractivity contribution in [2.45, 2.75) is 25.4 Å². The predicted molar refractivity (Wildman–Crippen MR) is 100 cm³/mol. The number of amides is 1. The third-order valence-corrected chi connectivity index (χ3v) is 4.98. The first-order chi connectivity index (χ1) is 12.5. The van der Waals surface area contributed by atoms with Gasteiger partial charge >= 0.3 is 0 Å². The van der Waals surface area contributed by atoms with Crippen LogP contribution in [0.5, 0.6) is 0 Å². The minimum absolute atomic E-state index is 0.00686. The minimum Gasteiger partial charge on any atom is -0.454 e. The van der Waals surface area contributed by atoms with Gasteiger partial charge in [0.1, 0.15) is 5.76 Å². The van der Waals surface area contributed by atoms with Crippen LogP contribution in [0.25, 0.3) is 0 Å². The molecule has 1 amide bonds. The van der Waals surface area contributed by atoms with Gasteiger partial charge in [-0.15, -0.1) is 0 Å². The summed E-state index contributed by atoms with van der Waals surface area (Å²) in [6, 6.07) is 4.07. The number of rotatable bonds is 7. The molecule has 0 unspecified atom stereocenters. The van der Waals surface area contributed by atoms with Gasteiger partial charge < -0.3 is 23.7 Å². The summed E-state index contributed by atoms with van der Waals surface area (Å²) in [6.07, 6.45) is 7.52. The second-order valence-electron chi connectivity index (χ2n) is 7.33. The molecule has 3 heterocycles. The van der Waals surface area contributed by atoms with Gasteiger partial charge in [0.15, 0.2) is 5.76 Å². The molecule has 26 heavy (non-hydrogen) atoms. The third kappa shape index (κ3) is 4.74. The van der Waals surface area contributed by atoms with E-state index in [1.165, 1.54) is 0 Å². The Morgan fingerprint density at radius 2 is 2.15 bits per heavy atom. The Labute approximate surface area is 155 Å². The van der Waals surface area contributed by atoms with Crippen LogP contribution < -0.4 is 0 Å². The molecular weight excluding hydrogens is 330 g/mol. The average Bonchev–Trinajstić information content (AvgIpc) is 3.31. The van der Waals surface area contributed by atoms with E-state index in [-0.39, 0.29) is 5.91 Å². The molecule has 1 aliphatic rings. The maximum absolute atomic E-state index is 12.8. The highest BCUT2D eigenvalue weighted by Crippen LogP contribution is 2.19. The number of piperidine rings is 1. The third-order valence-electron chi connectivity index (χ3n) is 4.98. The first-order valence-corrected chi connectivity index (χ1v) is 9.21. The van der Waals surface area contributed by atoms with Crippen molar-refractivity contribution in [1.29, 1.82) is 0 Å². The number of nitrogens with zero attached hydrogens (tertiary/aromatic N) is 5. The molecular formula is C19H29N5O2. The van der Waals surface area contributed by atoms with E-state index in [1.54, 1.807) is 18.6 Å². The first-order valence-electron chi connectivity index (χ1n) is 9.21. The largest absolute Gasteiger partial charge is 0.454 e. The van der Waals surface area contributed by atoms with E-state index in [4.69, 9.17) is 4.42 Å². The lowest BCUT2D eigenvalue weighted by Crippen LogP contribution is -2.49. The van der Waals surface area contributed by atoms with Crippen LogP contribution in [-0.2, 0) is 6.54 Å². The minimum atomic E-state index is -0.00686. The number of carbonyl (C=O) groups excluding carboxylic acids is 1. The van der Waals surface area contributed by atoms with Gasteiger partial charge in [-0.2, -0.15) is 0 Å². The Hall–Kier alpha value is -2.12. The van der Waals surface area contributed by atoms with E-state index in [0.29, 0.717) is 18.3 Å². The zero-order valence-electron chi connectivity index (χ0n) is 16.0. The Morgan fingerprint density at radius 3 is 2.88 bits per heavy atom. The number of imidazole rings is 1. The van der Waals surface area contributed by atoms with E-state index in [2.05, 4.69) is 35.9 Å². The smallest absolute Gasteiger partial charge is 0.289 e. The quantitative estimate of drug-likeness (QED) is 0.752. The molecule has 1 atom stereocenters. The van der Waals surface area contributed by atoms with Crippen LogP contribution in [0.2, 0.25) is 0 Å². The zero-order chi connectivity index (χ0) is 18.5. The summed E-state index contributed by atoms with van der Waals surface area (Å²) in [5.41, 5.74) is 0. The average molecular weight is 359 g/mol. The molecule has 7 nitrogen and oxygen atoms in total. The number of furan rings is 1. The van der Waals surface area contributed by atoms with E-state index >= 15 is 0 Å². The summed E-state index contributed by atoms with van der Waals surface area (Å²) >= 11 is 0. The topological polar surface area (TPSA) is 57.8 Å². The molecule has 1 aliphatic heterocycles. The van der Waals surface area contributed by atoms with Gasteiger partial charge in [-0.05, 0) is 46.1 Å². The molecule has 1 saturated heterocycles. The molecule has 0 radical (unpaired) electrons. The van der Waals surface area contributed by atoms with Crippen LogP contribution >= 0.6 is 0 Å². The highest BCUT2D eigenvalue weighted by molar-refractivity contribution is 5.91. The predicted octanol–water partition coefficient (Wildman–Crippen LogP) is 1.62. The molecule has 2 aromatic rings. The van der Waals surface area contributed by atoms with Gasteiger partial charge in [0.05, 0.1) is 12.9 Å². The van der Waals surface area contributed by atoms with Crippen LogP contribution in [0.1, 0.15) is 29.2 Å². The molecule has 2 aromatic heterocycles. The Kier molecular flexibility index (Phi) is 6.11.